The lowest BCUT2D eigenvalue weighted by atomic mass is 10.1. The molecule has 1 aromatic carbocycles. The first kappa shape index (κ1) is 16.2. The summed E-state index contributed by atoms with van der Waals surface area (Å²) in [6.07, 6.45) is 3.22. The Morgan fingerprint density at radius 3 is 2.62 bits per heavy atom. The van der Waals surface area contributed by atoms with E-state index in [0.717, 1.165) is 32.4 Å². The molecule has 0 saturated carbocycles. The first-order valence-corrected chi connectivity index (χ1v) is 7.89. The SMILES string of the molecule is CC(NC(=O)c1cc(S)ccc1Cl)C(=O)N1CCCCC1. The van der Waals surface area contributed by atoms with E-state index in [1.165, 1.54) is 0 Å². The molecular formula is C15H19ClN2O2S. The van der Waals surface area contributed by atoms with E-state index in [-0.39, 0.29) is 11.8 Å². The molecule has 2 rings (SSSR count). The molecule has 0 spiro atoms. The molecule has 1 unspecified atom stereocenters. The van der Waals surface area contributed by atoms with Gasteiger partial charge in [0, 0.05) is 18.0 Å². The summed E-state index contributed by atoms with van der Waals surface area (Å²) >= 11 is 10.2. The highest BCUT2D eigenvalue weighted by atomic mass is 35.5. The molecule has 0 aromatic heterocycles. The molecule has 6 heteroatoms. The number of piperidine rings is 1. The summed E-state index contributed by atoms with van der Waals surface area (Å²) in [5.41, 5.74) is 0.336. The highest BCUT2D eigenvalue weighted by Gasteiger charge is 2.24. The van der Waals surface area contributed by atoms with Crippen LogP contribution in [0.4, 0.5) is 0 Å². The third-order valence-electron chi connectivity index (χ3n) is 3.58. The Kier molecular flexibility index (Phi) is 5.53. The molecule has 1 fully saturated rings. The summed E-state index contributed by atoms with van der Waals surface area (Å²) < 4.78 is 0. The van der Waals surface area contributed by atoms with E-state index in [2.05, 4.69) is 17.9 Å². The Bertz CT molecular complexity index is 544. The minimum absolute atomic E-state index is 0.0406. The van der Waals surface area contributed by atoms with Gasteiger partial charge in [0.25, 0.3) is 5.91 Å². The number of carbonyl (C=O) groups is 2. The highest BCUT2D eigenvalue weighted by molar-refractivity contribution is 7.80. The molecule has 1 heterocycles. The molecule has 21 heavy (non-hydrogen) atoms. The molecule has 1 atom stereocenters. The number of halogens is 1. The van der Waals surface area contributed by atoms with Gasteiger partial charge in [0.1, 0.15) is 6.04 Å². The van der Waals surface area contributed by atoms with Crippen molar-refractivity contribution in [3.63, 3.8) is 0 Å². The summed E-state index contributed by atoms with van der Waals surface area (Å²) in [4.78, 5) is 27.0. The quantitative estimate of drug-likeness (QED) is 0.839. The van der Waals surface area contributed by atoms with Crippen LogP contribution in [0.25, 0.3) is 0 Å². The number of carbonyl (C=O) groups excluding carboxylic acids is 2. The average molecular weight is 327 g/mol. The van der Waals surface area contributed by atoms with E-state index < -0.39 is 6.04 Å². The molecule has 1 N–H and O–H groups in total. The van der Waals surface area contributed by atoms with Crippen LogP contribution in [0.15, 0.2) is 23.1 Å². The van der Waals surface area contributed by atoms with Crippen molar-refractivity contribution in [2.45, 2.75) is 37.1 Å². The van der Waals surface area contributed by atoms with Gasteiger partial charge in [0.15, 0.2) is 0 Å². The summed E-state index contributed by atoms with van der Waals surface area (Å²) in [7, 11) is 0. The number of nitrogens with one attached hydrogen (secondary N) is 1. The van der Waals surface area contributed by atoms with Gasteiger partial charge in [-0.3, -0.25) is 9.59 Å². The van der Waals surface area contributed by atoms with Crippen molar-refractivity contribution in [2.75, 3.05) is 13.1 Å². The molecule has 114 valence electrons. The molecule has 2 amide bonds. The van der Waals surface area contributed by atoms with Gasteiger partial charge in [-0.15, -0.1) is 12.6 Å². The van der Waals surface area contributed by atoms with E-state index in [4.69, 9.17) is 11.6 Å². The average Bonchev–Trinajstić information content (AvgIpc) is 2.49. The summed E-state index contributed by atoms with van der Waals surface area (Å²) in [6.45, 7) is 3.24. The van der Waals surface area contributed by atoms with Crippen molar-refractivity contribution in [2.24, 2.45) is 0 Å². The highest BCUT2D eigenvalue weighted by Crippen LogP contribution is 2.19. The van der Waals surface area contributed by atoms with Crippen LogP contribution in [0, 0.1) is 0 Å². The zero-order valence-corrected chi connectivity index (χ0v) is 13.6. The third-order valence-corrected chi connectivity index (χ3v) is 4.19. The van der Waals surface area contributed by atoms with Gasteiger partial charge >= 0.3 is 0 Å². The minimum atomic E-state index is -0.560. The Morgan fingerprint density at radius 2 is 1.95 bits per heavy atom. The Balaban J connectivity index is 2.01. The maximum atomic E-state index is 12.3. The number of benzene rings is 1. The van der Waals surface area contributed by atoms with Crippen LogP contribution >= 0.6 is 24.2 Å². The van der Waals surface area contributed by atoms with Crippen molar-refractivity contribution in [3.8, 4) is 0 Å². The fourth-order valence-corrected chi connectivity index (χ4v) is 2.82. The van der Waals surface area contributed by atoms with Crippen molar-refractivity contribution in [1.82, 2.24) is 10.2 Å². The standard InChI is InChI=1S/C15H19ClN2O2S/c1-10(15(20)18-7-3-2-4-8-18)17-14(19)12-9-11(21)5-6-13(12)16/h5-6,9-10,21H,2-4,7-8H2,1H3,(H,17,19). The first-order valence-electron chi connectivity index (χ1n) is 7.07. The van der Waals surface area contributed by atoms with Gasteiger partial charge in [-0.2, -0.15) is 0 Å². The zero-order chi connectivity index (χ0) is 15.4. The second-order valence-electron chi connectivity index (χ2n) is 5.25. The Hall–Kier alpha value is -1.20. The van der Waals surface area contributed by atoms with E-state index in [1.807, 2.05) is 4.90 Å². The fourth-order valence-electron chi connectivity index (χ4n) is 2.41. The molecule has 0 aliphatic carbocycles. The predicted molar refractivity (Wildman–Crippen MR) is 86.1 cm³/mol. The number of thiol groups is 1. The van der Waals surface area contributed by atoms with E-state index in [0.29, 0.717) is 15.5 Å². The first-order chi connectivity index (χ1) is 9.99. The van der Waals surface area contributed by atoms with Crippen LogP contribution < -0.4 is 5.32 Å². The van der Waals surface area contributed by atoms with Gasteiger partial charge in [-0.25, -0.2) is 0 Å². The van der Waals surface area contributed by atoms with Crippen LogP contribution in [-0.4, -0.2) is 35.8 Å². The number of rotatable bonds is 3. The van der Waals surface area contributed by atoms with E-state index in [1.54, 1.807) is 25.1 Å². The van der Waals surface area contributed by atoms with Gasteiger partial charge in [-0.1, -0.05) is 11.6 Å². The summed E-state index contributed by atoms with van der Waals surface area (Å²) in [6, 6.07) is 4.37. The number of likely N-dealkylation sites (tertiary alicyclic amines) is 1. The van der Waals surface area contributed by atoms with Crippen molar-refractivity contribution in [1.29, 1.82) is 0 Å². The normalized spacial score (nSPS) is 16.4. The monoisotopic (exact) mass is 326 g/mol. The number of nitrogens with zero attached hydrogens (tertiary/aromatic N) is 1. The summed E-state index contributed by atoms with van der Waals surface area (Å²) in [5.74, 6) is -0.394. The van der Waals surface area contributed by atoms with Crippen LogP contribution in [0.1, 0.15) is 36.5 Å². The molecule has 0 radical (unpaired) electrons. The molecule has 4 nitrogen and oxygen atoms in total. The molecular weight excluding hydrogens is 308 g/mol. The molecule has 1 aliphatic heterocycles. The van der Waals surface area contributed by atoms with Crippen molar-refractivity contribution in [3.05, 3.63) is 28.8 Å². The topological polar surface area (TPSA) is 49.4 Å². The number of hydrogen-bond acceptors (Lipinski definition) is 3. The van der Waals surface area contributed by atoms with E-state index in [9.17, 15) is 9.59 Å². The molecule has 0 bridgehead atoms. The van der Waals surface area contributed by atoms with Gasteiger partial charge in [0.05, 0.1) is 10.6 Å². The second-order valence-corrected chi connectivity index (χ2v) is 6.17. The number of hydrogen-bond donors (Lipinski definition) is 2. The molecule has 1 saturated heterocycles. The lowest BCUT2D eigenvalue weighted by Crippen LogP contribution is -2.48. The third kappa shape index (κ3) is 4.14. The number of amides is 2. The maximum absolute atomic E-state index is 12.3. The van der Waals surface area contributed by atoms with Gasteiger partial charge in [0.2, 0.25) is 5.91 Å². The fraction of sp³-hybridized carbons (Fsp3) is 0.467. The second kappa shape index (κ2) is 7.18. The van der Waals surface area contributed by atoms with E-state index >= 15 is 0 Å². The largest absolute Gasteiger partial charge is 0.341 e. The lowest BCUT2D eigenvalue weighted by molar-refractivity contribution is -0.133. The maximum Gasteiger partial charge on any atom is 0.253 e. The lowest BCUT2D eigenvalue weighted by Gasteiger charge is -2.29. The Morgan fingerprint density at radius 1 is 1.29 bits per heavy atom. The molecule has 1 aromatic rings. The smallest absolute Gasteiger partial charge is 0.253 e. The van der Waals surface area contributed by atoms with Gasteiger partial charge < -0.3 is 10.2 Å². The van der Waals surface area contributed by atoms with Crippen LogP contribution in [-0.2, 0) is 4.79 Å². The summed E-state index contributed by atoms with van der Waals surface area (Å²) in [5, 5.41) is 3.06. The van der Waals surface area contributed by atoms with Crippen LogP contribution in [0.2, 0.25) is 5.02 Å². The zero-order valence-electron chi connectivity index (χ0n) is 11.9. The Labute approximate surface area is 135 Å². The van der Waals surface area contributed by atoms with Gasteiger partial charge in [-0.05, 0) is 44.4 Å². The predicted octanol–water partition coefficient (Wildman–Crippen LogP) is 2.76. The van der Waals surface area contributed by atoms with Crippen LogP contribution in [0.3, 0.4) is 0 Å². The van der Waals surface area contributed by atoms with Crippen LogP contribution in [0.5, 0.6) is 0 Å². The van der Waals surface area contributed by atoms with Crippen molar-refractivity contribution >= 4 is 36.0 Å². The van der Waals surface area contributed by atoms with Crippen molar-refractivity contribution < 1.29 is 9.59 Å². The molecule has 1 aliphatic rings. The minimum Gasteiger partial charge on any atom is -0.341 e.